The Bertz CT molecular complexity index is 385. The van der Waals surface area contributed by atoms with E-state index in [1.807, 2.05) is 13.0 Å². The summed E-state index contributed by atoms with van der Waals surface area (Å²) in [6.45, 7) is 2.21. The summed E-state index contributed by atoms with van der Waals surface area (Å²) < 4.78 is 5.27. The molecule has 0 heterocycles. The van der Waals surface area contributed by atoms with Gasteiger partial charge in [0.1, 0.15) is 17.9 Å². The molecule has 0 fully saturated rings. The first kappa shape index (κ1) is 11.6. The van der Waals surface area contributed by atoms with Gasteiger partial charge in [-0.2, -0.15) is 0 Å². The van der Waals surface area contributed by atoms with Crippen molar-refractivity contribution in [1.82, 2.24) is 0 Å². The molecule has 0 aliphatic rings. The zero-order chi connectivity index (χ0) is 11.3. The number of rotatable bonds is 4. The van der Waals surface area contributed by atoms with Crippen LogP contribution in [0.25, 0.3) is 0 Å². The van der Waals surface area contributed by atoms with Crippen molar-refractivity contribution >= 4 is 17.6 Å². The van der Waals surface area contributed by atoms with Gasteiger partial charge >= 0.3 is 5.97 Å². The quantitative estimate of drug-likeness (QED) is 0.803. The van der Waals surface area contributed by atoms with Crippen LogP contribution in [-0.4, -0.2) is 17.7 Å². The van der Waals surface area contributed by atoms with Gasteiger partial charge in [-0.05, 0) is 25.1 Å². The number of carboxylic acids is 1. The number of carbonyl (C=O) groups is 1. The van der Waals surface area contributed by atoms with Gasteiger partial charge in [-0.15, -0.1) is 0 Å². The van der Waals surface area contributed by atoms with Crippen molar-refractivity contribution in [2.45, 2.75) is 6.92 Å². The van der Waals surface area contributed by atoms with E-state index in [1.54, 1.807) is 18.2 Å². The van der Waals surface area contributed by atoms with Gasteiger partial charge in [0, 0.05) is 5.02 Å². The average Bonchev–Trinajstić information content (AvgIpc) is 2.20. The van der Waals surface area contributed by atoms with Crippen molar-refractivity contribution in [2.75, 3.05) is 6.61 Å². The third-order valence-electron chi connectivity index (χ3n) is 1.74. The summed E-state index contributed by atoms with van der Waals surface area (Å²) in [7, 11) is 0. The van der Waals surface area contributed by atoms with Crippen LogP contribution in [0.4, 0.5) is 0 Å². The fourth-order valence-electron chi connectivity index (χ4n) is 1.03. The fourth-order valence-corrected chi connectivity index (χ4v) is 1.20. The zero-order valence-electron chi connectivity index (χ0n) is 8.24. The molecule has 1 aromatic rings. The van der Waals surface area contributed by atoms with E-state index in [4.69, 9.17) is 21.4 Å². The lowest BCUT2D eigenvalue weighted by molar-refractivity contribution is 0.0693. The van der Waals surface area contributed by atoms with Gasteiger partial charge in [-0.1, -0.05) is 23.8 Å². The molecule has 0 radical (unpaired) electrons. The summed E-state index contributed by atoms with van der Waals surface area (Å²) in [6.07, 6.45) is 3.62. The van der Waals surface area contributed by atoms with Gasteiger partial charge in [0.2, 0.25) is 0 Å². The van der Waals surface area contributed by atoms with Crippen LogP contribution < -0.4 is 4.74 Å². The lowest BCUT2D eigenvalue weighted by atomic mass is 10.2. The molecular weight excluding hydrogens is 216 g/mol. The predicted molar refractivity (Wildman–Crippen MR) is 58.7 cm³/mol. The topological polar surface area (TPSA) is 46.5 Å². The number of carboxylic acid groups (broad SMARTS) is 1. The minimum absolute atomic E-state index is 0.0759. The molecule has 0 bridgehead atoms. The Morgan fingerprint density at radius 1 is 1.60 bits per heavy atom. The van der Waals surface area contributed by atoms with Crippen molar-refractivity contribution in [2.24, 2.45) is 0 Å². The molecule has 0 aliphatic heterocycles. The predicted octanol–water partition coefficient (Wildman–Crippen LogP) is 2.99. The standard InChI is InChI=1S/C11H11ClO3/c1-2-3-6-15-10-5-4-8(12)7-9(10)11(13)14/h2-5,7H,6H2,1H3,(H,13,14)/b3-2+. The molecule has 0 aliphatic carbocycles. The lowest BCUT2D eigenvalue weighted by Gasteiger charge is -2.06. The molecular formula is C11H11ClO3. The van der Waals surface area contributed by atoms with E-state index in [1.165, 1.54) is 6.07 Å². The Morgan fingerprint density at radius 2 is 2.33 bits per heavy atom. The molecule has 0 aromatic heterocycles. The minimum atomic E-state index is -1.05. The van der Waals surface area contributed by atoms with Gasteiger partial charge in [0.15, 0.2) is 0 Å². The van der Waals surface area contributed by atoms with E-state index in [2.05, 4.69) is 0 Å². The number of hydrogen-bond acceptors (Lipinski definition) is 2. The second-order valence-corrected chi connectivity index (χ2v) is 3.26. The largest absolute Gasteiger partial charge is 0.489 e. The first-order valence-corrected chi connectivity index (χ1v) is 4.79. The number of hydrogen-bond donors (Lipinski definition) is 1. The minimum Gasteiger partial charge on any atom is -0.489 e. The Balaban J connectivity index is 2.90. The highest BCUT2D eigenvalue weighted by molar-refractivity contribution is 6.31. The smallest absolute Gasteiger partial charge is 0.339 e. The van der Waals surface area contributed by atoms with Crippen LogP contribution in [0.3, 0.4) is 0 Å². The Hall–Kier alpha value is -1.48. The van der Waals surface area contributed by atoms with Crippen molar-refractivity contribution in [3.05, 3.63) is 40.9 Å². The van der Waals surface area contributed by atoms with E-state index in [-0.39, 0.29) is 5.56 Å². The SMILES string of the molecule is C/C=C/COc1ccc(Cl)cc1C(=O)O. The van der Waals surface area contributed by atoms with Crippen molar-refractivity contribution in [1.29, 1.82) is 0 Å². The Morgan fingerprint density at radius 3 is 2.93 bits per heavy atom. The molecule has 4 heteroatoms. The molecule has 0 saturated heterocycles. The highest BCUT2D eigenvalue weighted by atomic mass is 35.5. The van der Waals surface area contributed by atoms with Gasteiger partial charge in [-0.3, -0.25) is 0 Å². The second-order valence-electron chi connectivity index (χ2n) is 2.83. The summed E-state index contributed by atoms with van der Waals surface area (Å²) >= 11 is 5.69. The third kappa shape index (κ3) is 3.29. The third-order valence-corrected chi connectivity index (χ3v) is 1.98. The maximum atomic E-state index is 10.9. The molecule has 3 nitrogen and oxygen atoms in total. The number of benzene rings is 1. The number of halogens is 1. The molecule has 0 unspecified atom stereocenters. The lowest BCUT2D eigenvalue weighted by Crippen LogP contribution is -2.03. The van der Waals surface area contributed by atoms with Gasteiger partial charge in [-0.25, -0.2) is 4.79 Å². The van der Waals surface area contributed by atoms with Crippen LogP contribution in [0.5, 0.6) is 5.75 Å². The summed E-state index contributed by atoms with van der Waals surface area (Å²) in [5.41, 5.74) is 0.0759. The second kappa shape index (κ2) is 5.41. The van der Waals surface area contributed by atoms with Crippen LogP contribution in [0.1, 0.15) is 17.3 Å². The first-order chi connectivity index (χ1) is 7.15. The van der Waals surface area contributed by atoms with Crippen molar-refractivity contribution in [3.63, 3.8) is 0 Å². The molecule has 0 atom stereocenters. The summed E-state index contributed by atoms with van der Waals surface area (Å²) in [5, 5.41) is 9.27. The normalized spacial score (nSPS) is 10.5. The molecule has 1 N–H and O–H groups in total. The van der Waals surface area contributed by atoms with Crippen LogP contribution >= 0.6 is 11.6 Å². The molecule has 1 aromatic carbocycles. The highest BCUT2D eigenvalue weighted by Crippen LogP contribution is 2.22. The van der Waals surface area contributed by atoms with Crippen LogP contribution in [0.15, 0.2) is 30.4 Å². The maximum Gasteiger partial charge on any atom is 0.339 e. The fraction of sp³-hybridized carbons (Fsp3) is 0.182. The van der Waals surface area contributed by atoms with E-state index in [0.717, 1.165) is 0 Å². The summed E-state index contributed by atoms with van der Waals surface area (Å²) in [5.74, 6) is -0.724. The molecule has 0 spiro atoms. The van der Waals surface area contributed by atoms with Crippen LogP contribution in [-0.2, 0) is 0 Å². The van der Waals surface area contributed by atoms with Crippen molar-refractivity contribution < 1.29 is 14.6 Å². The van der Waals surface area contributed by atoms with E-state index >= 15 is 0 Å². The van der Waals surface area contributed by atoms with E-state index in [9.17, 15) is 4.79 Å². The zero-order valence-corrected chi connectivity index (χ0v) is 8.99. The Labute approximate surface area is 92.9 Å². The molecule has 0 saturated carbocycles. The maximum absolute atomic E-state index is 10.9. The van der Waals surface area contributed by atoms with Crippen LogP contribution in [0, 0.1) is 0 Å². The summed E-state index contributed by atoms with van der Waals surface area (Å²) in [4.78, 5) is 10.9. The molecule has 15 heavy (non-hydrogen) atoms. The van der Waals surface area contributed by atoms with E-state index < -0.39 is 5.97 Å². The average molecular weight is 227 g/mol. The van der Waals surface area contributed by atoms with Crippen LogP contribution in [0.2, 0.25) is 5.02 Å². The van der Waals surface area contributed by atoms with Gasteiger partial charge < -0.3 is 9.84 Å². The monoisotopic (exact) mass is 226 g/mol. The van der Waals surface area contributed by atoms with E-state index in [0.29, 0.717) is 17.4 Å². The summed E-state index contributed by atoms with van der Waals surface area (Å²) in [6, 6.07) is 4.52. The first-order valence-electron chi connectivity index (χ1n) is 4.42. The molecule has 1 rings (SSSR count). The molecule has 0 amide bonds. The molecule has 80 valence electrons. The highest BCUT2D eigenvalue weighted by Gasteiger charge is 2.11. The van der Waals surface area contributed by atoms with Crippen molar-refractivity contribution in [3.8, 4) is 5.75 Å². The Kier molecular flexibility index (Phi) is 4.18. The van der Waals surface area contributed by atoms with Gasteiger partial charge in [0.05, 0.1) is 0 Å². The number of allylic oxidation sites excluding steroid dienone is 1. The van der Waals surface area contributed by atoms with Gasteiger partial charge in [0.25, 0.3) is 0 Å². The number of ether oxygens (including phenoxy) is 1. The number of aromatic carboxylic acids is 1.